The Balaban J connectivity index is 2.17. The van der Waals surface area contributed by atoms with Crippen LogP contribution >= 0.6 is 15.9 Å². The first-order chi connectivity index (χ1) is 3.35. The van der Waals surface area contributed by atoms with Gasteiger partial charge in [-0.15, -0.1) is 0 Å². The van der Waals surface area contributed by atoms with Crippen LogP contribution in [0.4, 0.5) is 0 Å². The molecule has 1 heteroatoms. The Morgan fingerprint density at radius 2 is 1.71 bits per heavy atom. The van der Waals surface area contributed by atoms with Crippen LogP contribution in [0.5, 0.6) is 0 Å². The molecule has 0 saturated heterocycles. The highest BCUT2D eigenvalue weighted by Crippen LogP contribution is 2.88. The van der Waals surface area contributed by atoms with Crippen LogP contribution in [0.25, 0.3) is 0 Å². The van der Waals surface area contributed by atoms with E-state index in [1.54, 1.807) is 0 Å². The highest BCUT2D eigenvalue weighted by Gasteiger charge is 2.88. The van der Waals surface area contributed by atoms with E-state index in [2.05, 4.69) is 15.9 Å². The third kappa shape index (κ3) is 0.172. The lowest BCUT2D eigenvalue weighted by molar-refractivity contribution is 0.672. The van der Waals surface area contributed by atoms with Crippen LogP contribution in [0, 0.1) is 17.8 Å². The lowest BCUT2D eigenvalue weighted by atomic mass is 10.2. The van der Waals surface area contributed by atoms with E-state index in [4.69, 9.17) is 0 Å². The standard InChI is InChI=1S/C6H7Br/c7-6-3-1-2-4(6)5(3)6/h3-5H,1-2H2/t3-,4+,5?,6?. The lowest BCUT2D eigenvalue weighted by Gasteiger charge is -1.92. The molecular weight excluding hydrogens is 152 g/mol. The molecule has 2 unspecified atom stereocenters. The Morgan fingerprint density at radius 3 is 1.86 bits per heavy atom. The molecule has 0 aromatic rings. The maximum atomic E-state index is 3.75. The quantitative estimate of drug-likeness (QED) is 0.472. The van der Waals surface area contributed by atoms with Crippen LogP contribution in [0.1, 0.15) is 12.8 Å². The van der Waals surface area contributed by atoms with Crippen molar-refractivity contribution >= 4 is 15.9 Å². The third-order valence-corrected chi connectivity index (χ3v) is 4.79. The van der Waals surface area contributed by atoms with Crippen LogP contribution in [0.2, 0.25) is 0 Å². The SMILES string of the molecule is BrC12C3[C@H]1CC[C@@H]32. The number of halogens is 1. The second-order valence-corrected chi connectivity index (χ2v) is 4.52. The predicted octanol–water partition coefficient (Wildman–Crippen LogP) is 1.79. The Hall–Kier alpha value is 0.480. The number of hydrogen-bond acceptors (Lipinski definition) is 0. The fourth-order valence-electron chi connectivity index (χ4n) is 2.55. The number of rotatable bonds is 0. The summed E-state index contributed by atoms with van der Waals surface area (Å²) in [6.07, 6.45) is 3.06. The monoisotopic (exact) mass is 158 g/mol. The van der Waals surface area contributed by atoms with E-state index in [1.165, 1.54) is 12.8 Å². The van der Waals surface area contributed by atoms with Crippen LogP contribution in [0.15, 0.2) is 0 Å². The van der Waals surface area contributed by atoms with Gasteiger partial charge in [-0.3, -0.25) is 0 Å². The molecule has 0 nitrogen and oxygen atoms in total. The van der Waals surface area contributed by atoms with E-state index >= 15 is 0 Å². The first kappa shape index (κ1) is 3.49. The molecule has 0 aromatic carbocycles. The molecule has 4 fully saturated rings. The van der Waals surface area contributed by atoms with E-state index in [0.29, 0.717) is 0 Å². The van der Waals surface area contributed by atoms with Gasteiger partial charge in [0, 0.05) is 4.32 Å². The summed E-state index contributed by atoms with van der Waals surface area (Å²) in [5.74, 6) is 3.43. The van der Waals surface area contributed by atoms with Gasteiger partial charge in [-0.25, -0.2) is 0 Å². The van der Waals surface area contributed by atoms with Gasteiger partial charge in [0.1, 0.15) is 0 Å². The number of alkyl halides is 1. The molecule has 7 heavy (non-hydrogen) atoms. The van der Waals surface area contributed by atoms with Crippen LogP contribution in [-0.4, -0.2) is 4.32 Å². The molecule has 0 aromatic heterocycles. The zero-order valence-electron chi connectivity index (χ0n) is 4.02. The normalized spacial score (nSPS) is 81.0. The summed E-state index contributed by atoms with van der Waals surface area (Å²) in [6.45, 7) is 0. The number of fused-ring (bicyclic) bond motifs is 1. The first-order valence-corrected chi connectivity index (χ1v) is 3.83. The van der Waals surface area contributed by atoms with Crippen LogP contribution in [0.3, 0.4) is 0 Å². The van der Waals surface area contributed by atoms with E-state index in [1.807, 2.05) is 0 Å². The molecule has 4 saturated carbocycles. The van der Waals surface area contributed by atoms with E-state index < -0.39 is 0 Å². The number of hydrogen-bond donors (Lipinski definition) is 0. The predicted molar refractivity (Wildman–Crippen MR) is 31.4 cm³/mol. The zero-order valence-corrected chi connectivity index (χ0v) is 5.61. The zero-order chi connectivity index (χ0) is 4.65. The fourth-order valence-corrected chi connectivity index (χ4v) is 3.95. The Kier molecular flexibility index (Phi) is 0.318. The molecule has 4 aliphatic rings. The van der Waals surface area contributed by atoms with Gasteiger partial charge >= 0.3 is 0 Å². The smallest absolute Gasteiger partial charge is 0.0355 e. The molecule has 0 heterocycles. The van der Waals surface area contributed by atoms with Crippen LogP contribution < -0.4 is 0 Å². The van der Waals surface area contributed by atoms with E-state index in [9.17, 15) is 0 Å². The molecule has 0 N–H and O–H groups in total. The largest absolute Gasteiger partial charge is 0.0844 e. The first-order valence-electron chi connectivity index (χ1n) is 3.04. The molecule has 4 atom stereocenters. The van der Waals surface area contributed by atoms with Gasteiger partial charge in [0.15, 0.2) is 0 Å². The molecule has 0 amide bonds. The molecule has 38 valence electrons. The van der Waals surface area contributed by atoms with Crippen molar-refractivity contribution in [3.63, 3.8) is 0 Å². The summed E-state index contributed by atoms with van der Waals surface area (Å²) in [6, 6.07) is 0. The minimum Gasteiger partial charge on any atom is -0.0844 e. The Bertz CT molecular complexity index is 120. The average Bonchev–Trinajstić information content (AvgIpc) is 2.38. The molecule has 0 radical (unpaired) electrons. The molecular formula is C6H7Br. The maximum Gasteiger partial charge on any atom is 0.0355 e. The van der Waals surface area contributed by atoms with Gasteiger partial charge in [-0.05, 0) is 30.6 Å². The van der Waals surface area contributed by atoms with Crippen molar-refractivity contribution in [2.75, 3.05) is 0 Å². The van der Waals surface area contributed by atoms with Gasteiger partial charge in [0.05, 0.1) is 0 Å². The topological polar surface area (TPSA) is 0 Å². The summed E-state index contributed by atoms with van der Waals surface area (Å²) < 4.78 is 0.757. The minimum atomic E-state index is 0.757. The summed E-state index contributed by atoms with van der Waals surface area (Å²) >= 11 is 3.75. The summed E-state index contributed by atoms with van der Waals surface area (Å²) in [7, 11) is 0. The second kappa shape index (κ2) is 0.637. The van der Waals surface area contributed by atoms with Crippen molar-refractivity contribution in [2.24, 2.45) is 17.8 Å². The van der Waals surface area contributed by atoms with Gasteiger partial charge in [0.2, 0.25) is 0 Å². The fraction of sp³-hybridized carbons (Fsp3) is 1.00. The highest BCUT2D eigenvalue weighted by atomic mass is 79.9. The Labute approximate surface area is 51.4 Å². The van der Waals surface area contributed by atoms with Gasteiger partial charge in [-0.1, -0.05) is 15.9 Å². The van der Waals surface area contributed by atoms with Crippen molar-refractivity contribution in [1.82, 2.24) is 0 Å². The van der Waals surface area contributed by atoms with Crippen molar-refractivity contribution in [3.8, 4) is 0 Å². The summed E-state index contributed by atoms with van der Waals surface area (Å²) in [5, 5.41) is 0. The average molecular weight is 159 g/mol. The second-order valence-electron chi connectivity index (χ2n) is 3.14. The van der Waals surface area contributed by atoms with Gasteiger partial charge < -0.3 is 0 Å². The van der Waals surface area contributed by atoms with Gasteiger partial charge in [-0.2, -0.15) is 0 Å². The van der Waals surface area contributed by atoms with Crippen molar-refractivity contribution in [2.45, 2.75) is 17.2 Å². The Morgan fingerprint density at radius 1 is 1.29 bits per heavy atom. The highest BCUT2D eigenvalue weighted by molar-refractivity contribution is 9.10. The minimum absolute atomic E-state index is 0.757. The third-order valence-electron chi connectivity index (χ3n) is 3.08. The molecule has 2 bridgehead atoms. The summed E-state index contributed by atoms with van der Waals surface area (Å²) in [5.41, 5.74) is 0. The van der Waals surface area contributed by atoms with Crippen molar-refractivity contribution in [1.29, 1.82) is 0 Å². The maximum absolute atomic E-state index is 3.75. The molecule has 4 aliphatic carbocycles. The van der Waals surface area contributed by atoms with E-state index in [0.717, 1.165) is 22.1 Å². The molecule has 4 rings (SSSR count). The molecule has 0 spiro atoms. The van der Waals surface area contributed by atoms with Crippen LogP contribution in [-0.2, 0) is 0 Å². The lowest BCUT2D eigenvalue weighted by Crippen LogP contribution is -1.92. The van der Waals surface area contributed by atoms with E-state index in [-0.39, 0.29) is 0 Å². The van der Waals surface area contributed by atoms with Gasteiger partial charge in [0.25, 0.3) is 0 Å². The summed E-state index contributed by atoms with van der Waals surface area (Å²) in [4.78, 5) is 0. The molecule has 0 aliphatic heterocycles. The van der Waals surface area contributed by atoms with Crippen molar-refractivity contribution < 1.29 is 0 Å². The van der Waals surface area contributed by atoms with Crippen molar-refractivity contribution in [3.05, 3.63) is 0 Å².